The van der Waals surface area contributed by atoms with Crippen LogP contribution in [0.5, 0.6) is 0 Å². The number of primary amides is 1. The summed E-state index contributed by atoms with van der Waals surface area (Å²) in [5.74, 6) is -0.621. The molecular weight excluding hydrogens is 381 g/mol. The Labute approximate surface area is 163 Å². The molecule has 2 aromatic carbocycles. The molecule has 2 N–H and O–H groups in total. The van der Waals surface area contributed by atoms with Crippen molar-refractivity contribution in [2.45, 2.75) is 13.1 Å². The molecule has 5 nitrogen and oxygen atoms in total. The first-order valence-electron chi connectivity index (χ1n) is 8.67. The molecule has 0 saturated heterocycles. The second-order valence-corrected chi connectivity index (χ2v) is 6.59. The van der Waals surface area contributed by atoms with Crippen molar-refractivity contribution in [3.05, 3.63) is 77.7 Å². The maximum absolute atomic E-state index is 13.0. The molecule has 0 radical (unpaired) electrons. The van der Waals surface area contributed by atoms with Crippen molar-refractivity contribution in [2.24, 2.45) is 5.73 Å². The summed E-state index contributed by atoms with van der Waals surface area (Å²) in [7, 11) is 0. The van der Waals surface area contributed by atoms with E-state index in [1.165, 1.54) is 16.8 Å². The minimum absolute atomic E-state index is 0.147. The maximum Gasteiger partial charge on any atom is 0.416 e. The second-order valence-electron chi connectivity index (χ2n) is 6.59. The summed E-state index contributed by atoms with van der Waals surface area (Å²) in [6.45, 7) is 1.75. The standard InChI is InChI=1S/C21H15F3N4O/c1-12-17(13-3-2-4-15(9-13)21(22,23)24)10-14-5-6-16(11-19(14)26-12)28-8-7-18(27-28)20(25)29/h2-11H,1H3,(H2,25,29). The van der Waals surface area contributed by atoms with E-state index in [1.807, 2.05) is 6.07 Å². The number of alkyl halides is 3. The number of carbonyl (C=O) groups excluding carboxylic acids is 1. The number of hydrogen-bond acceptors (Lipinski definition) is 3. The van der Waals surface area contributed by atoms with Gasteiger partial charge in [0.15, 0.2) is 0 Å². The predicted octanol–water partition coefficient (Wildman–Crippen LogP) is 4.51. The van der Waals surface area contributed by atoms with Crippen molar-refractivity contribution in [1.82, 2.24) is 14.8 Å². The molecule has 0 fully saturated rings. The van der Waals surface area contributed by atoms with Gasteiger partial charge in [-0.2, -0.15) is 18.3 Å². The van der Waals surface area contributed by atoms with Gasteiger partial charge in [0.1, 0.15) is 5.69 Å². The van der Waals surface area contributed by atoms with Gasteiger partial charge < -0.3 is 5.73 Å². The molecule has 0 aliphatic heterocycles. The monoisotopic (exact) mass is 396 g/mol. The lowest BCUT2D eigenvalue weighted by Crippen LogP contribution is -2.12. The van der Waals surface area contributed by atoms with Crippen molar-refractivity contribution >= 4 is 16.8 Å². The summed E-state index contributed by atoms with van der Waals surface area (Å²) in [5.41, 5.74) is 7.71. The Kier molecular flexibility index (Phi) is 4.34. The fourth-order valence-corrected chi connectivity index (χ4v) is 3.15. The van der Waals surface area contributed by atoms with Gasteiger partial charge in [-0.05, 0) is 48.9 Å². The molecule has 0 aliphatic carbocycles. The molecule has 146 valence electrons. The highest BCUT2D eigenvalue weighted by atomic mass is 19.4. The van der Waals surface area contributed by atoms with E-state index >= 15 is 0 Å². The summed E-state index contributed by atoms with van der Waals surface area (Å²) in [6.07, 6.45) is -2.79. The largest absolute Gasteiger partial charge is 0.416 e. The van der Waals surface area contributed by atoms with Crippen LogP contribution in [0.25, 0.3) is 27.7 Å². The number of aromatic nitrogens is 3. The summed E-state index contributed by atoms with van der Waals surface area (Å²) >= 11 is 0. The van der Waals surface area contributed by atoms with Crippen LogP contribution in [-0.2, 0) is 6.18 Å². The van der Waals surface area contributed by atoms with Gasteiger partial charge in [-0.1, -0.05) is 18.2 Å². The Morgan fingerprint density at radius 1 is 1.07 bits per heavy atom. The quantitative estimate of drug-likeness (QED) is 0.554. The molecule has 2 aromatic heterocycles. The topological polar surface area (TPSA) is 73.8 Å². The number of nitrogens with zero attached hydrogens (tertiary/aromatic N) is 3. The molecule has 0 unspecified atom stereocenters. The zero-order valence-electron chi connectivity index (χ0n) is 15.2. The van der Waals surface area contributed by atoms with E-state index in [4.69, 9.17) is 5.73 Å². The van der Waals surface area contributed by atoms with Gasteiger partial charge in [0.2, 0.25) is 0 Å². The number of aryl methyl sites for hydroxylation is 1. The van der Waals surface area contributed by atoms with Crippen LogP contribution in [0.1, 0.15) is 21.7 Å². The highest BCUT2D eigenvalue weighted by Crippen LogP contribution is 2.34. The van der Waals surface area contributed by atoms with Crippen molar-refractivity contribution in [1.29, 1.82) is 0 Å². The molecule has 4 aromatic rings. The van der Waals surface area contributed by atoms with Crippen molar-refractivity contribution in [3.63, 3.8) is 0 Å². The lowest BCUT2D eigenvalue weighted by Gasteiger charge is -2.12. The van der Waals surface area contributed by atoms with Crippen molar-refractivity contribution in [2.75, 3.05) is 0 Å². The summed E-state index contributed by atoms with van der Waals surface area (Å²) in [6, 6.07) is 13.9. The van der Waals surface area contributed by atoms with E-state index in [-0.39, 0.29) is 5.69 Å². The van der Waals surface area contributed by atoms with Crippen LogP contribution in [0.3, 0.4) is 0 Å². The zero-order chi connectivity index (χ0) is 20.8. The third kappa shape index (κ3) is 3.56. The molecule has 2 heterocycles. The van der Waals surface area contributed by atoms with Crippen LogP contribution in [0.2, 0.25) is 0 Å². The van der Waals surface area contributed by atoms with Crippen molar-refractivity contribution < 1.29 is 18.0 Å². The van der Waals surface area contributed by atoms with Crippen LogP contribution in [0.15, 0.2) is 60.8 Å². The third-order valence-corrected chi connectivity index (χ3v) is 4.60. The van der Waals surface area contributed by atoms with E-state index in [0.29, 0.717) is 28.0 Å². The molecule has 4 rings (SSSR count). The van der Waals surface area contributed by atoms with Gasteiger partial charge in [0.05, 0.1) is 16.8 Å². The van der Waals surface area contributed by atoms with Gasteiger partial charge in [-0.15, -0.1) is 0 Å². The Hall–Kier alpha value is -3.68. The van der Waals surface area contributed by atoms with Gasteiger partial charge >= 0.3 is 6.18 Å². The number of halogens is 3. The molecule has 8 heteroatoms. The molecule has 0 atom stereocenters. The average molecular weight is 396 g/mol. The zero-order valence-corrected chi connectivity index (χ0v) is 15.2. The van der Waals surface area contributed by atoms with Crippen LogP contribution in [0.4, 0.5) is 13.2 Å². The van der Waals surface area contributed by atoms with Crippen molar-refractivity contribution in [3.8, 4) is 16.8 Å². The van der Waals surface area contributed by atoms with E-state index in [9.17, 15) is 18.0 Å². The number of amides is 1. The van der Waals surface area contributed by atoms with Crippen LogP contribution in [0, 0.1) is 6.92 Å². The third-order valence-electron chi connectivity index (χ3n) is 4.60. The van der Waals surface area contributed by atoms with E-state index < -0.39 is 17.6 Å². The number of hydrogen-bond donors (Lipinski definition) is 1. The first kappa shape index (κ1) is 18.7. The average Bonchev–Trinajstić information content (AvgIpc) is 3.17. The van der Waals surface area contributed by atoms with Gasteiger partial charge in [0, 0.05) is 22.8 Å². The molecule has 0 saturated carbocycles. The highest BCUT2D eigenvalue weighted by Gasteiger charge is 2.30. The number of pyridine rings is 1. The van der Waals surface area contributed by atoms with E-state index in [2.05, 4.69) is 10.1 Å². The Morgan fingerprint density at radius 2 is 1.86 bits per heavy atom. The van der Waals surface area contributed by atoms with Crippen LogP contribution < -0.4 is 5.73 Å². The van der Waals surface area contributed by atoms with Crippen LogP contribution in [-0.4, -0.2) is 20.7 Å². The van der Waals surface area contributed by atoms with Gasteiger partial charge in [-0.3, -0.25) is 9.78 Å². The SMILES string of the molecule is Cc1nc2cc(-n3ccc(C(N)=O)n3)ccc2cc1-c1cccc(C(F)(F)F)c1. The Balaban J connectivity index is 1.77. The number of benzene rings is 2. The van der Waals surface area contributed by atoms with Gasteiger partial charge in [0.25, 0.3) is 5.91 Å². The fraction of sp³-hybridized carbons (Fsp3) is 0.0952. The smallest absolute Gasteiger partial charge is 0.364 e. The lowest BCUT2D eigenvalue weighted by atomic mass is 10.00. The molecule has 1 amide bonds. The van der Waals surface area contributed by atoms with E-state index in [0.717, 1.165) is 17.5 Å². The fourth-order valence-electron chi connectivity index (χ4n) is 3.15. The molecule has 0 aliphatic rings. The number of carbonyl (C=O) groups is 1. The Morgan fingerprint density at radius 3 is 2.55 bits per heavy atom. The molecular formula is C21H15F3N4O. The van der Waals surface area contributed by atoms with Crippen LogP contribution >= 0.6 is 0 Å². The first-order chi connectivity index (χ1) is 13.7. The number of rotatable bonds is 3. The number of fused-ring (bicyclic) bond motifs is 1. The minimum atomic E-state index is -4.41. The first-order valence-corrected chi connectivity index (χ1v) is 8.67. The highest BCUT2D eigenvalue weighted by molar-refractivity contribution is 5.90. The lowest BCUT2D eigenvalue weighted by molar-refractivity contribution is -0.137. The Bertz CT molecular complexity index is 1240. The van der Waals surface area contributed by atoms with Gasteiger partial charge in [-0.25, -0.2) is 4.68 Å². The predicted molar refractivity (Wildman–Crippen MR) is 103 cm³/mol. The summed E-state index contributed by atoms with van der Waals surface area (Å²) in [4.78, 5) is 15.8. The number of nitrogens with two attached hydrogens (primary N) is 1. The summed E-state index contributed by atoms with van der Waals surface area (Å²) < 4.78 is 40.6. The summed E-state index contributed by atoms with van der Waals surface area (Å²) in [5, 5.41) is 4.89. The second kappa shape index (κ2) is 6.73. The molecule has 29 heavy (non-hydrogen) atoms. The normalized spacial score (nSPS) is 11.7. The van der Waals surface area contributed by atoms with E-state index in [1.54, 1.807) is 37.4 Å². The molecule has 0 bridgehead atoms. The molecule has 0 spiro atoms. The maximum atomic E-state index is 13.0. The minimum Gasteiger partial charge on any atom is -0.364 e.